The van der Waals surface area contributed by atoms with Crippen LogP contribution in [0.1, 0.15) is 0 Å². The highest BCUT2D eigenvalue weighted by Crippen LogP contribution is 2.00. The third-order valence-corrected chi connectivity index (χ3v) is 0.409. The highest BCUT2D eigenvalue weighted by molar-refractivity contribution is 5.43. The fourth-order valence-electron chi connectivity index (χ4n) is 0.101. The van der Waals surface area contributed by atoms with E-state index in [-0.39, 0.29) is 0 Å². The van der Waals surface area contributed by atoms with E-state index in [0.29, 0.717) is 5.57 Å². The molecule has 0 saturated carbocycles. The molecule has 0 bridgehead atoms. The van der Waals surface area contributed by atoms with Gasteiger partial charge in [0.1, 0.15) is 11.6 Å². The van der Waals surface area contributed by atoms with Gasteiger partial charge in [-0.2, -0.15) is 5.26 Å². The molecular formula is C4HN. The lowest BCUT2D eigenvalue weighted by Gasteiger charge is -1.43. The number of rotatable bonds is 0. The van der Waals surface area contributed by atoms with Crippen molar-refractivity contribution < 1.29 is 0 Å². The van der Waals surface area contributed by atoms with Gasteiger partial charge in [-0.1, -0.05) is 5.73 Å². The summed E-state index contributed by atoms with van der Waals surface area (Å²) in [4.78, 5) is 0. The average Bonchev–Trinajstić information content (AvgIpc) is 2.12. The lowest BCUT2D eigenvalue weighted by molar-refractivity contribution is 1.52. The molecule has 0 aromatic rings. The first kappa shape index (κ1) is 2.26. The highest BCUT2D eigenvalue weighted by atomic mass is 14.2. The zero-order chi connectivity index (χ0) is 3.70. The Morgan fingerprint density at radius 1 is 2.00 bits per heavy atom. The van der Waals surface area contributed by atoms with Crippen LogP contribution in [0.4, 0.5) is 0 Å². The van der Waals surface area contributed by atoms with Gasteiger partial charge in [-0.15, -0.1) is 0 Å². The van der Waals surface area contributed by atoms with Gasteiger partial charge in [-0.3, -0.25) is 0 Å². The molecule has 0 saturated heterocycles. The summed E-state index contributed by atoms with van der Waals surface area (Å²) < 4.78 is 0. The molecule has 1 heteroatoms. The molecule has 1 nitrogen and oxygen atoms in total. The van der Waals surface area contributed by atoms with Gasteiger partial charge in [0, 0.05) is 6.08 Å². The monoisotopic (exact) mass is 63.0 g/mol. The molecule has 0 aliphatic heterocycles. The van der Waals surface area contributed by atoms with E-state index < -0.39 is 0 Å². The van der Waals surface area contributed by atoms with E-state index in [4.69, 9.17) is 5.26 Å². The SMILES string of the molecule is N#CC1=C=C1. The van der Waals surface area contributed by atoms with Crippen molar-refractivity contribution in [1.82, 2.24) is 0 Å². The van der Waals surface area contributed by atoms with Crippen molar-refractivity contribution in [3.05, 3.63) is 17.4 Å². The summed E-state index contributed by atoms with van der Waals surface area (Å²) in [6.45, 7) is 0. The zero-order valence-corrected chi connectivity index (χ0v) is 2.52. The molecule has 1 rings (SSSR count). The van der Waals surface area contributed by atoms with Gasteiger partial charge >= 0.3 is 0 Å². The van der Waals surface area contributed by atoms with Crippen LogP contribution in [0, 0.1) is 11.3 Å². The van der Waals surface area contributed by atoms with E-state index in [1.165, 1.54) is 0 Å². The second kappa shape index (κ2) is 0.484. The minimum atomic E-state index is 0.685. The lowest BCUT2D eigenvalue weighted by Crippen LogP contribution is -1.40. The number of hydrogen-bond acceptors (Lipinski definition) is 1. The molecule has 5 heavy (non-hydrogen) atoms. The van der Waals surface area contributed by atoms with Crippen molar-refractivity contribution in [3.63, 3.8) is 0 Å². The third-order valence-electron chi connectivity index (χ3n) is 0.409. The number of hydrogen-bond donors (Lipinski definition) is 0. The maximum atomic E-state index is 7.83. The Labute approximate surface area is 29.8 Å². The van der Waals surface area contributed by atoms with Gasteiger partial charge in [-0.05, 0) is 0 Å². The normalized spacial score (nSPS) is 13.0. The minimum Gasteiger partial charge on any atom is -0.192 e. The summed E-state index contributed by atoms with van der Waals surface area (Å²) in [5.74, 6) is 0. The second-order valence-electron chi connectivity index (χ2n) is 0.814. The molecule has 0 atom stereocenters. The Hall–Kier alpha value is -0.990. The fourth-order valence-corrected chi connectivity index (χ4v) is 0.101. The maximum absolute atomic E-state index is 7.83. The largest absolute Gasteiger partial charge is 0.192 e. The fraction of sp³-hybridized carbons (Fsp3) is 0. The van der Waals surface area contributed by atoms with Crippen molar-refractivity contribution in [2.75, 3.05) is 0 Å². The summed E-state index contributed by atoms with van der Waals surface area (Å²) in [5, 5.41) is 7.83. The third kappa shape index (κ3) is 0.191. The van der Waals surface area contributed by atoms with Crippen molar-refractivity contribution in [1.29, 1.82) is 5.26 Å². The molecule has 22 valence electrons. The average molecular weight is 63.1 g/mol. The Morgan fingerprint density at radius 2 is 2.60 bits per heavy atom. The standard InChI is InChI=1S/C4HN/c5-3-4-1-2-4/h1H. The first-order valence-electron chi connectivity index (χ1n) is 1.30. The smallest absolute Gasteiger partial charge is 0.108 e. The molecule has 1 aliphatic rings. The van der Waals surface area contributed by atoms with E-state index in [1.54, 1.807) is 6.08 Å². The van der Waals surface area contributed by atoms with Crippen molar-refractivity contribution in [3.8, 4) is 6.07 Å². The van der Waals surface area contributed by atoms with Gasteiger partial charge in [0.25, 0.3) is 0 Å². The molecule has 0 heterocycles. The van der Waals surface area contributed by atoms with Crippen LogP contribution < -0.4 is 0 Å². The van der Waals surface area contributed by atoms with E-state index in [1.807, 2.05) is 6.07 Å². The summed E-state index contributed by atoms with van der Waals surface area (Å²) in [6.07, 6.45) is 1.65. The van der Waals surface area contributed by atoms with Gasteiger partial charge < -0.3 is 0 Å². The molecule has 0 radical (unpaired) electrons. The second-order valence-corrected chi connectivity index (χ2v) is 0.814. The van der Waals surface area contributed by atoms with E-state index in [9.17, 15) is 0 Å². The predicted molar refractivity (Wildman–Crippen MR) is 17.2 cm³/mol. The van der Waals surface area contributed by atoms with Gasteiger partial charge in [-0.25, -0.2) is 0 Å². The highest BCUT2D eigenvalue weighted by Gasteiger charge is 1.91. The number of nitrogens with zero attached hydrogens (tertiary/aromatic N) is 1. The quantitative estimate of drug-likeness (QED) is 0.378. The minimum absolute atomic E-state index is 0.685. The lowest BCUT2D eigenvalue weighted by atomic mass is 10.6. The molecule has 0 unspecified atom stereocenters. The van der Waals surface area contributed by atoms with E-state index in [2.05, 4.69) is 5.73 Å². The molecule has 0 N–H and O–H groups in total. The van der Waals surface area contributed by atoms with Crippen LogP contribution in [0.15, 0.2) is 17.4 Å². The van der Waals surface area contributed by atoms with Gasteiger partial charge in [0.2, 0.25) is 0 Å². The molecular weight excluding hydrogens is 62.1 g/mol. The molecule has 0 aromatic heterocycles. The Bertz CT molecular complexity index is 142. The van der Waals surface area contributed by atoms with Gasteiger partial charge in [0.05, 0.1) is 0 Å². The van der Waals surface area contributed by atoms with E-state index in [0.717, 1.165) is 0 Å². The summed E-state index contributed by atoms with van der Waals surface area (Å²) >= 11 is 0. The summed E-state index contributed by atoms with van der Waals surface area (Å²) in [5.41, 5.74) is 3.30. The van der Waals surface area contributed by atoms with Crippen LogP contribution in [0.25, 0.3) is 0 Å². The summed E-state index contributed by atoms with van der Waals surface area (Å²) in [6, 6.07) is 1.89. The van der Waals surface area contributed by atoms with Crippen LogP contribution in [0.3, 0.4) is 0 Å². The Kier molecular flexibility index (Phi) is 0.219. The molecule has 0 spiro atoms. The van der Waals surface area contributed by atoms with Crippen LogP contribution in [-0.2, 0) is 0 Å². The van der Waals surface area contributed by atoms with Crippen LogP contribution >= 0.6 is 0 Å². The molecule has 1 aliphatic carbocycles. The topological polar surface area (TPSA) is 23.8 Å². The predicted octanol–water partition coefficient (Wildman–Crippen LogP) is 0.605. The Balaban J connectivity index is 2.69. The van der Waals surface area contributed by atoms with Crippen molar-refractivity contribution in [2.24, 2.45) is 0 Å². The van der Waals surface area contributed by atoms with Crippen molar-refractivity contribution >= 4 is 0 Å². The first-order valence-corrected chi connectivity index (χ1v) is 1.30. The zero-order valence-electron chi connectivity index (χ0n) is 2.52. The van der Waals surface area contributed by atoms with Crippen LogP contribution in [0.2, 0.25) is 0 Å². The van der Waals surface area contributed by atoms with Crippen molar-refractivity contribution in [2.45, 2.75) is 0 Å². The van der Waals surface area contributed by atoms with Crippen LogP contribution in [-0.4, -0.2) is 0 Å². The van der Waals surface area contributed by atoms with Gasteiger partial charge in [0.15, 0.2) is 0 Å². The number of allylic oxidation sites excluding steroid dienone is 1. The first-order chi connectivity index (χ1) is 2.43. The molecule has 0 aromatic carbocycles. The number of nitriles is 1. The maximum Gasteiger partial charge on any atom is 0.108 e. The van der Waals surface area contributed by atoms with Crippen LogP contribution in [0.5, 0.6) is 0 Å². The molecule has 0 fully saturated rings. The molecule has 0 amide bonds. The van der Waals surface area contributed by atoms with E-state index >= 15 is 0 Å². The summed E-state index contributed by atoms with van der Waals surface area (Å²) in [7, 11) is 0. The Morgan fingerprint density at radius 3 is 2.60 bits per heavy atom.